The number of likely N-dealkylation sites (tertiary alicyclic amines) is 1. The van der Waals surface area contributed by atoms with Crippen LogP contribution in [0.4, 0.5) is 0 Å². The largest absolute Gasteiger partial charge is 0.423 e. The van der Waals surface area contributed by atoms with Gasteiger partial charge in [0.15, 0.2) is 0 Å². The number of aryl methyl sites for hydroxylation is 2. The van der Waals surface area contributed by atoms with Crippen LogP contribution in [0.5, 0.6) is 0 Å². The van der Waals surface area contributed by atoms with Crippen molar-refractivity contribution in [3.63, 3.8) is 0 Å². The minimum absolute atomic E-state index is 0.223. The Kier molecular flexibility index (Phi) is 6.07. The number of rotatable bonds is 5. The number of hydrogen-bond donors (Lipinski definition) is 0. The molecular weight excluding hydrogens is 346 g/mol. The van der Waals surface area contributed by atoms with Gasteiger partial charge in [-0.05, 0) is 68.4 Å². The molecule has 1 amide bonds. The topological polar surface area (TPSA) is 50.5 Å². The highest BCUT2D eigenvalue weighted by molar-refractivity contribution is 7.99. The Bertz CT molecular complexity index is 858. The van der Waals surface area contributed by atoms with Crippen molar-refractivity contribution in [1.29, 1.82) is 0 Å². The Hall–Kier alpha value is -1.75. The van der Waals surface area contributed by atoms with Crippen LogP contribution in [0.3, 0.4) is 0 Å². The first-order chi connectivity index (χ1) is 12.5. The van der Waals surface area contributed by atoms with Gasteiger partial charge in [-0.15, -0.1) is 11.8 Å². The van der Waals surface area contributed by atoms with E-state index in [-0.39, 0.29) is 11.5 Å². The first kappa shape index (κ1) is 19.0. The normalized spacial score (nSPS) is 17.7. The number of amides is 1. The molecule has 0 saturated carbocycles. The Labute approximate surface area is 158 Å². The second-order valence-corrected chi connectivity index (χ2v) is 8.15. The molecule has 1 fully saturated rings. The van der Waals surface area contributed by atoms with E-state index in [1.54, 1.807) is 17.8 Å². The second-order valence-electron chi connectivity index (χ2n) is 7.16. The van der Waals surface area contributed by atoms with Gasteiger partial charge in [0.2, 0.25) is 5.91 Å². The number of carbonyl (C=O) groups excluding carboxylic acids is 1. The van der Waals surface area contributed by atoms with E-state index >= 15 is 0 Å². The number of benzene rings is 1. The fourth-order valence-electron chi connectivity index (χ4n) is 3.69. The minimum atomic E-state index is -0.329. The van der Waals surface area contributed by atoms with E-state index < -0.39 is 0 Å². The maximum absolute atomic E-state index is 12.6. The van der Waals surface area contributed by atoms with Crippen LogP contribution in [0.15, 0.2) is 27.4 Å². The van der Waals surface area contributed by atoms with Crippen molar-refractivity contribution in [2.75, 3.05) is 12.3 Å². The lowest BCUT2D eigenvalue weighted by Gasteiger charge is -2.35. The Morgan fingerprint density at radius 2 is 2.00 bits per heavy atom. The van der Waals surface area contributed by atoms with E-state index in [1.165, 1.54) is 12.0 Å². The average Bonchev–Trinajstić information content (AvgIpc) is 2.63. The first-order valence-electron chi connectivity index (χ1n) is 9.40. The number of hydrogen-bond acceptors (Lipinski definition) is 4. The Balaban J connectivity index is 1.71. The van der Waals surface area contributed by atoms with Crippen molar-refractivity contribution < 1.29 is 9.21 Å². The summed E-state index contributed by atoms with van der Waals surface area (Å²) in [7, 11) is 0. The monoisotopic (exact) mass is 373 g/mol. The molecule has 2 heterocycles. The van der Waals surface area contributed by atoms with Gasteiger partial charge in [-0.25, -0.2) is 4.79 Å². The molecule has 1 aliphatic heterocycles. The SMILES string of the molecule is CC[C@H]1CCCCN1C(=O)CSCc1cc(=O)oc2cc(C)c(C)cc12. The standard InChI is InChI=1S/C21H27NO3S/c1-4-17-7-5-6-8-22(17)20(23)13-26-12-16-11-21(24)25-19-10-15(3)14(2)9-18(16)19/h9-11,17H,4-8,12-13H2,1-3H3/t17-/m0/s1. The van der Waals surface area contributed by atoms with Crippen LogP contribution < -0.4 is 5.63 Å². The molecule has 2 aromatic rings. The van der Waals surface area contributed by atoms with Gasteiger partial charge in [0.1, 0.15) is 5.58 Å². The van der Waals surface area contributed by atoms with E-state index in [0.29, 0.717) is 23.1 Å². The third-order valence-electron chi connectivity index (χ3n) is 5.35. The van der Waals surface area contributed by atoms with Crippen molar-refractivity contribution in [2.24, 2.45) is 0 Å². The first-order valence-corrected chi connectivity index (χ1v) is 10.6. The summed E-state index contributed by atoms with van der Waals surface area (Å²) in [6, 6.07) is 5.95. The molecule has 26 heavy (non-hydrogen) atoms. The third kappa shape index (κ3) is 4.14. The lowest BCUT2D eigenvalue weighted by molar-refractivity contribution is -0.132. The zero-order chi connectivity index (χ0) is 18.7. The highest BCUT2D eigenvalue weighted by atomic mass is 32.2. The van der Waals surface area contributed by atoms with Crippen LogP contribution in [0, 0.1) is 13.8 Å². The summed E-state index contributed by atoms with van der Waals surface area (Å²) in [4.78, 5) is 26.5. The van der Waals surface area contributed by atoms with Crippen LogP contribution in [0.25, 0.3) is 11.0 Å². The van der Waals surface area contributed by atoms with Crippen LogP contribution in [-0.4, -0.2) is 29.1 Å². The number of nitrogens with zero attached hydrogens (tertiary/aromatic N) is 1. The molecule has 0 unspecified atom stereocenters. The quantitative estimate of drug-likeness (QED) is 0.727. The number of piperidine rings is 1. The predicted octanol–water partition coefficient (Wildman–Crippen LogP) is 4.43. The highest BCUT2D eigenvalue weighted by Gasteiger charge is 2.24. The van der Waals surface area contributed by atoms with Crippen molar-refractivity contribution in [3.8, 4) is 0 Å². The fraction of sp³-hybridized carbons (Fsp3) is 0.524. The lowest BCUT2D eigenvalue weighted by Crippen LogP contribution is -2.44. The van der Waals surface area contributed by atoms with Crippen LogP contribution in [0.1, 0.15) is 49.3 Å². The maximum atomic E-state index is 12.6. The van der Waals surface area contributed by atoms with Gasteiger partial charge in [0.05, 0.1) is 5.75 Å². The van der Waals surface area contributed by atoms with E-state index in [2.05, 4.69) is 24.8 Å². The van der Waals surface area contributed by atoms with Gasteiger partial charge in [-0.3, -0.25) is 4.79 Å². The average molecular weight is 374 g/mol. The van der Waals surface area contributed by atoms with E-state index in [9.17, 15) is 9.59 Å². The third-order valence-corrected chi connectivity index (χ3v) is 6.31. The van der Waals surface area contributed by atoms with Gasteiger partial charge in [-0.2, -0.15) is 0 Å². The molecule has 1 aliphatic rings. The molecular formula is C21H27NO3S. The minimum Gasteiger partial charge on any atom is -0.423 e. The highest BCUT2D eigenvalue weighted by Crippen LogP contribution is 2.26. The van der Waals surface area contributed by atoms with Crippen LogP contribution in [0.2, 0.25) is 0 Å². The van der Waals surface area contributed by atoms with Crippen molar-refractivity contribution in [3.05, 3.63) is 45.3 Å². The molecule has 1 aromatic carbocycles. The molecule has 3 rings (SSSR count). The Morgan fingerprint density at radius 3 is 2.77 bits per heavy atom. The van der Waals surface area contributed by atoms with Gasteiger partial charge in [0.25, 0.3) is 0 Å². The number of thioether (sulfide) groups is 1. The zero-order valence-corrected chi connectivity index (χ0v) is 16.7. The van der Waals surface area contributed by atoms with Crippen LogP contribution >= 0.6 is 11.8 Å². The summed E-state index contributed by atoms with van der Waals surface area (Å²) in [5.41, 5.74) is 3.53. The summed E-state index contributed by atoms with van der Waals surface area (Å²) in [5.74, 6) is 1.32. The summed E-state index contributed by atoms with van der Waals surface area (Å²) < 4.78 is 5.35. The second kappa shape index (κ2) is 8.30. The molecule has 0 aliphatic carbocycles. The van der Waals surface area contributed by atoms with E-state index in [0.717, 1.165) is 42.3 Å². The van der Waals surface area contributed by atoms with Gasteiger partial charge in [0, 0.05) is 29.8 Å². The smallest absolute Gasteiger partial charge is 0.336 e. The maximum Gasteiger partial charge on any atom is 0.336 e. The number of carbonyl (C=O) groups is 1. The predicted molar refractivity (Wildman–Crippen MR) is 108 cm³/mol. The number of fused-ring (bicyclic) bond motifs is 1. The molecule has 0 bridgehead atoms. The molecule has 140 valence electrons. The summed E-state index contributed by atoms with van der Waals surface area (Å²) in [5, 5.41) is 0.969. The summed E-state index contributed by atoms with van der Waals surface area (Å²) in [6.07, 6.45) is 4.48. The molecule has 0 spiro atoms. The molecule has 1 atom stereocenters. The van der Waals surface area contributed by atoms with E-state index in [1.807, 2.05) is 13.0 Å². The fourth-order valence-corrected chi connectivity index (χ4v) is 4.59. The molecule has 1 aromatic heterocycles. The summed E-state index contributed by atoms with van der Waals surface area (Å²) >= 11 is 1.58. The van der Waals surface area contributed by atoms with Gasteiger partial charge >= 0.3 is 5.63 Å². The molecule has 1 saturated heterocycles. The molecule has 0 radical (unpaired) electrons. The molecule has 0 N–H and O–H groups in total. The van der Waals surface area contributed by atoms with Crippen molar-refractivity contribution in [2.45, 2.75) is 58.2 Å². The van der Waals surface area contributed by atoms with Crippen LogP contribution in [-0.2, 0) is 10.5 Å². The van der Waals surface area contributed by atoms with Gasteiger partial charge in [-0.1, -0.05) is 6.92 Å². The molecule has 4 nitrogen and oxygen atoms in total. The molecule has 5 heteroatoms. The Morgan fingerprint density at radius 1 is 1.23 bits per heavy atom. The van der Waals surface area contributed by atoms with Crippen molar-refractivity contribution >= 4 is 28.6 Å². The zero-order valence-electron chi connectivity index (χ0n) is 15.8. The van der Waals surface area contributed by atoms with Crippen molar-refractivity contribution in [1.82, 2.24) is 4.90 Å². The van der Waals surface area contributed by atoms with E-state index in [4.69, 9.17) is 4.42 Å². The lowest BCUT2D eigenvalue weighted by atomic mass is 10.0. The van der Waals surface area contributed by atoms with Gasteiger partial charge < -0.3 is 9.32 Å². The summed E-state index contributed by atoms with van der Waals surface area (Å²) in [6.45, 7) is 7.11.